The number of nitrogens with two attached hydrogens (primary N) is 1. The minimum atomic E-state index is -0.383. The van der Waals surface area contributed by atoms with Crippen LogP contribution in [0.2, 0.25) is 0 Å². The maximum atomic E-state index is 14.0. The molecule has 18 heavy (non-hydrogen) atoms. The number of hydrogen-bond acceptors (Lipinski definition) is 4. The van der Waals surface area contributed by atoms with Crippen LogP contribution in [0.3, 0.4) is 0 Å². The number of benzene rings is 1. The third-order valence-corrected chi connectivity index (χ3v) is 2.73. The summed E-state index contributed by atoms with van der Waals surface area (Å²) in [5.74, 6) is 0.111. The van der Waals surface area contributed by atoms with Crippen LogP contribution in [0.15, 0.2) is 22.7 Å². The van der Waals surface area contributed by atoms with Gasteiger partial charge in [-0.2, -0.15) is 4.98 Å². The van der Waals surface area contributed by atoms with E-state index in [0.29, 0.717) is 5.56 Å². The summed E-state index contributed by atoms with van der Waals surface area (Å²) in [5, 5.41) is 4.53. The molecule has 0 aliphatic carbocycles. The number of fused-ring (bicyclic) bond motifs is 1. The topological polar surface area (TPSA) is 80.7 Å². The minimum absolute atomic E-state index is 0.137. The first kappa shape index (κ1) is 10.9. The number of nitrogens with zero attached hydrogens (tertiary/aromatic N) is 2. The molecule has 0 aliphatic heterocycles. The van der Waals surface area contributed by atoms with Crippen LogP contribution in [0.25, 0.3) is 22.3 Å². The lowest BCUT2D eigenvalue weighted by Crippen LogP contribution is -1.96. The molecule has 0 amide bonds. The molecule has 5 nitrogen and oxygen atoms in total. The zero-order chi connectivity index (χ0) is 12.7. The van der Waals surface area contributed by atoms with Crippen molar-refractivity contribution in [2.45, 2.75) is 13.5 Å². The summed E-state index contributed by atoms with van der Waals surface area (Å²) in [6.45, 7) is 2.05. The number of nitrogens with one attached hydrogen (secondary N) is 1. The molecule has 0 bridgehead atoms. The van der Waals surface area contributed by atoms with Crippen LogP contribution in [0.5, 0.6) is 0 Å². The van der Waals surface area contributed by atoms with Crippen LogP contribution in [0.1, 0.15) is 11.6 Å². The molecule has 3 N–H and O–H groups in total. The van der Waals surface area contributed by atoms with Gasteiger partial charge in [0.05, 0.1) is 12.1 Å². The molecule has 3 rings (SSSR count). The van der Waals surface area contributed by atoms with Crippen molar-refractivity contribution in [2.24, 2.45) is 5.73 Å². The van der Waals surface area contributed by atoms with Crippen molar-refractivity contribution in [1.82, 2.24) is 15.1 Å². The third-order valence-electron chi connectivity index (χ3n) is 2.73. The van der Waals surface area contributed by atoms with Crippen LogP contribution < -0.4 is 5.73 Å². The second-order valence-corrected chi connectivity index (χ2v) is 4.09. The summed E-state index contributed by atoms with van der Waals surface area (Å²) in [7, 11) is 0. The lowest BCUT2D eigenvalue weighted by atomic mass is 10.1. The Morgan fingerprint density at radius 1 is 1.39 bits per heavy atom. The molecule has 2 heterocycles. The summed E-state index contributed by atoms with van der Waals surface area (Å²) < 4.78 is 18.8. The van der Waals surface area contributed by atoms with Gasteiger partial charge in [-0.1, -0.05) is 5.16 Å². The molecule has 0 unspecified atom stereocenters. The third kappa shape index (κ3) is 1.67. The Morgan fingerprint density at radius 3 is 2.94 bits per heavy atom. The highest BCUT2D eigenvalue weighted by atomic mass is 19.1. The van der Waals surface area contributed by atoms with Crippen LogP contribution in [0.4, 0.5) is 4.39 Å². The Kier molecular flexibility index (Phi) is 2.38. The second kappa shape index (κ2) is 3.92. The maximum absolute atomic E-state index is 14.0. The maximum Gasteiger partial charge on any atom is 0.240 e. The summed E-state index contributed by atoms with van der Waals surface area (Å²) in [5.41, 5.74) is 7.48. The zero-order valence-electron chi connectivity index (χ0n) is 9.70. The fraction of sp³-hybridized carbons (Fsp3) is 0.167. The van der Waals surface area contributed by atoms with Crippen molar-refractivity contribution >= 4 is 10.9 Å². The average molecular weight is 246 g/mol. The molecule has 6 heteroatoms. The minimum Gasteiger partial charge on any atom is -0.359 e. The van der Waals surface area contributed by atoms with E-state index in [1.807, 2.05) is 13.0 Å². The first-order valence-corrected chi connectivity index (χ1v) is 5.49. The number of aromatic amines is 1. The average Bonchev–Trinajstić information content (AvgIpc) is 2.92. The molecular weight excluding hydrogens is 235 g/mol. The second-order valence-electron chi connectivity index (χ2n) is 4.09. The molecule has 0 saturated carbocycles. The quantitative estimate of drug-likeness (QED) is 0.725. The highest BCUT2D eigenvalue weighted by Crippen LogP contribution is 2.26. The van der Waals surface area contributed by atoms with Crippen LogP contribution in [0, 0.1) is 12.7 Å². The van der Waals surface area contributed by atoms with Crippen molar-refractivity contribution in [3.63, 3.8) is 0 Å². The van der Waals surface area contributed by atoms with Gasteiger partial charge in [0.15, 0.2) is 0 Å². The highest BCUT2D eigenvalue weighted by Gasteiger charge is 2.14. The van der Waals surface area contributed by atoms with Gasteiger partial charge in [0.1, 0.15) is 5.82 Å². The van der Waals surface area contributed by atoms with Gasteiger partial charge in [-0.05, 0) is 25.1 Å². The van der Waals surface area contributed by atoms with E-state index < -0.39 is 0 Å². The van der Waals surface area contributed by atoms with E-state index in [-0.39, 0.29) is 24.1 Å². The fourth-order valence-corrected chi connectivity index (χ4v) is 1.92. The van der Waals surface area contributed by atoms with E-state index in [2.05, 4.69) is 15.1 Å². The number of aryl methyl sites for hydroxylation is 1. The van der Waals surface area contributed by atoms with Crippen LogP contribution in [-0.2, 0) is 6.54 Å². The molecule has 0 fully saturated rings. The summed E-state index contributed by atoms with van der Waals surface area (Å²) in [6, 6.07) is 5.00. The van der Waals surface area contributed by atoms with E-state index in [9.17, 15) is 4.39 Å². The standard InChI is InChI=1S/C12H11FN4O/c1-6-2-7-3-9(13)8(4-10(7)15-6)12-16-11(5-14)18-17-12/h2-4,15H,5,14H2,1H3. The Morgan fingerprint density at radius 2 is 2.22 bits per heavy atom. The largest absolute Gasteiger partial charge is 0.359 e. The lowest BCUT2D eigenvalue weighted by Gasteiger charge is -1.98. The number of halogens is 1. The number of hydrogen-bond donors (Lipinski definition) is 2. The van der Waals surface area contributed by atoms with Gasteiger partial charge < -0.3 is 15.2 Å². The van der Waals surface area contributed by atoms with Gasteiger partial charge in [-0.15, -0.1) is 0 Å². The molecule has 2 aromatic heterocycles. The van der Waals surface area contributed by atoms with Gasteiger partial charge in [-0.25, -0.2) is 4.39 Å². The molecular formula is C12H11FN4O. The molecule has 92 valence electrons. The Balaban J connectivity index is 2.18. The van der Waals surface area contributed by atoms with Gasteiger partial charge in [0, 0.05) is 16.6 Å². The predicted octanol–water partition coefficient (Wildman–Crippen LogP) is 2.12. The van der Waals surface area contributed by atoms with Crippen LogP contribution in [-0.4, -0.2) is 15.1 Å². The zero-order valence-corrected chi connectivity index (χ0v) is 9.70. The molecule has 0 saturated heterocycles. The first-order chi connectivity index (χ1) is 8.67. The summed E-state index contributed by atoms with van der Waals surface area (Å²) in [4.78, 5) is 7.16. The molecule has 0 spiro atoms. The lowest BCUT2D eigenvalue weighted by molar-refractivity contribution is 0.380. The van der Waals surface area contributed by atoms with Crippen molar-refractivity contribution in [2.75, 3.05) is 0 Å². The van der Waals surface area contributed by atoms with E-state index in [0.717, 1.165) is 16.6 Å². The molecule has 0 atom stereocenters. The van der Waals surface area contributed by atoms with E-state index in [1.54, 1.807) is 6.07 Å². The van der Waals surface area contributed by atoms with E-state index in [4.69, 9.17) is 10.3 Å². The van der Waals surface area contributed by atoms with Crippen LogP contribution >= 0.6 is 0 Å². The first-order valence-electron chi connectivity index (χ1n) is 5.49. The molecule has 1 aromatic carbocycles. The van der Waals surface area contributed by atoms with Crippen molar-refractivity contribution in [1.29, 1.82) is 0 Å². The number of aromatic nitrogens is 3. The van der Waals surface area contributed by atoms with E-state index >= 15 is 0 Å². The van der Waals surface area contributed by atoms with Crippen molar-refractivity contribution in [3.8, 4) is 11.4 Å². The highest BCUT2D eigenvalue weighted by molar-refractivity contribution is 5.84. The summed E-state index contributed by atoms with van der Waals surface area (Å²) >= 11 is 0. The fourth-order valence-electron chi connectivity index (χ4n) is 1.92. The SMILES string of the molecule is Cc1cc2cc(F)c(-c3noc(CN)n3)cc2[nH]1. The monoisotopic (exact) mass is 246 g/mol. The smallest absolute Gasteiger partial charge is 0.240 e. The predicted molar refractivity (Wildman–Crippen MR) is 64.2 cm³/mol. The summed E-state index contributed by atoms with van der Waals surface area (Å²) in [6.07, 6.45) is 0. The van der Waals surface area contributed by atoms with Gasteiger partial charge in [-0.3, -0.25) is 0 Å². The number of rotatable bonds is 2. The Hall–Kier alpha value is -2.21. The normalized spacial score (nSPS) is 11.3. The Labute approximate surface area is 102 Å². The molecule has 3 aromatic rings. The van der Waals surface area contributed by atoms with Gasteiger partial charge in [0.2, 0.25) is 11.7 Å². The van der Waals surface area contributed by atoms with E-state index in [1.165, 1.54) is 6.07 Å². The van der Waals surface area contributed by atoms with Gasteiger partial charge >= 0.3 is 0 Å². The van der Waals surface area contributed by atoms with Crippen molar-refractivity contribution in [3.05, 3.63) is 35.6 Å². The van der Waals surface area contributed by atoms with Crippen molar-refractivity contribution < 1.29 is 8.91 Å². The molecule has 0 radical (unpaired) electrons. The number of H-pyrrole nitrogens is 1. The Bertz CT molecular complexity index is 716. The molecule has 0 aliphatic rings. The van der Waals surface area contributed by atoms with Gasteiger partial charge in [0.25, 0.3) is 0 Å².